The van der Waals surface area contributed by atoms with E-state index in [1.807, 2.05) is 26.0 Å². The molecule has 1 rings (SSSR count). The van der Waals surface area contributed by atoms with Crippen molar-refractivity contribution in [3.05, 3.63) is 29.1 Å². The highest BCUT2D eigenvalue weighted by molar-refractivity contribution is 6.18. The molecule has 0 aliphatic rings. The number of pyridine rings is 1. The van der Waals surface area contributed by atoms with Gasteiger partial charge >= 0.3 is 0 Å². The van der Waals surface area contributed by atoms with Gasteiger partial charge in [0.25, 0.3) is 5.91 Å². The fourth-order valence-electron chi connectivity index (χ4n) is 1.75. The van der Waals surface area contributed by atoms with Crippen LogP contribution in [0.5, 0.6) is 0 Å². The summed E-state index contributed by atoms with van der Waals surface area (Å²) in [6.45, 7) is 6.58. The molecule has 1 aromatic rings. The van der Waals surface area contributed by atoms with Gasteiger partial charge in [0.1, 0.15) is 0 Å². The molecule has 0 bridgehead atoms. The molecule has 1 atom stereocenters. The Hall–Kier alpha value is -1.09. The fraction of sp³-hybridized carbons (Fsp3) is 0.571. The van der Waals surface area contributed by atoms with Crippen molar-refractivity contribution in [2.24, 2.45) is 5.92 Å². The minimum Gasteiger partial charge on any atom is -0.352 e. The fourth-order valence-corrected chi connectivity index (χ4v) is 1.91. The molecular weight excluding hydrogens is 248 g/mol. The molecule has 0 spiro atoms. The third-order valence-electron chi connectivity index (χ3n) is 2.89. The molecule has 0 aromatic carbocycles. The number of alkyl halides is 1. The maximum atomic E-state index is 11.9. The summed E-state index contributed by atoms with van der Waals surface area (Å²) in [5.74, 6) is 1.14. The van der Waals surface area contributed by atoms with Crippen LogP contribution in [-0.4, -0.2) is 23.3 Å². The Morgan fingerprint density at radius 2 is 2.17 bits per heavy atom. The smallest absolute Gasteiger partial charge is 0.253 e. The molecule has 1 N–H and O–H groups in total. The maximum absolute atomic E-state index is 11.9. The number of halogens is 1. The summed E-state index contributed by atoms with van der Waals surface area (Å²) < 4.78 is 0. The van der Waals surface area contributed by atoms with E-state index in [9.17, 15) is 4.79 Å². The van der Waals surface area contributed by atoms with E-state index in [0.717, 1.165) is 24.2 Å². The number of carbonyl (C=O) groups excluding carboxylic acids is 1. The van der Waals surface area contributed by atoms with Crippen molar-refractivity contribution in [1.82, 2.24) is 10.3 Å². The SMILES string of the molecule is Cc1ccc(C(=O)NCCCC(C)CCl)c(C)n1. The summed E-state index contributed by atoms with van der Waals surface area (Å²) in [6, 6.07) is 3.69. The van der Waals surface area contributed by atoms with E-state index < -0.39 is 0 Å². The Bertz CT molecular complexity index is 407. The third-order valence-corrected chi connectivity index (χ3v) is 3.42. The first-order valence-corrected chi connectivity index (χ1v) is 6.86. The first-order valence-electron chi connectivity index (χ1n) is 6.33. The van der Waals surface area contributed by atoms with Crippen LogP contribution in [0.4, 0.5) is 0 Å². The van der Waals surface area contributed by atoms with Crippen LogP contribution >= 0.6 is 11.6 Å². The number of nitrogens with zero attached hydrogens (tertiary/aromatic N) is 1. The van der Waals surface area contributed by atoms with Gasteiger partial charge in [0.2, 0.25) is 0 Å². The van der Waals surface area contributed by atoms with Gasteiger partial charge in [0, 0.05) is 18.1 Å². The van der Waals surface area contributed by atoms with Gasteiger partial charge in [-0.25, -0.2) is 0 Å². The highest BCUT2D eigenvalue weighted by atomic mass is 35.5. The molecule has 0 aliphatic carbocycles. The van der Waals surface area contributed by atoms with Crippen molar-refractivity contribution < 1.29 is 4.79 Å². The van der Waals surface area contributed by atoms with E-state index in [1.54, 1.807) is 0 Å². The second-order valence-corrected chi connectivity index (χ2v) is 5.05. The molecule has 1 heterocycles. The van der Waals surface area contributed by atoms with Gasteiger partial charge in [-0.15, -0.1) is 11.6 Å². The van der Waals surface area contributed by atoms with Gasteiger partial charge in [0.15, 0.2) is 0 Å². The van der Waals surface area contributed by atoms with Gasteiger partial charge in [-0.1, -0.05) is 6.92 Å². The van der Waals surface area contributed by atoms with Crippen molar-refractivity contribution >= 4 is 17.5 Å². The number of aryl methyl sites for hydroxylation is 2. The van der Waals surface area contributed by atoms with Crippen LogP contribution in [0.1, 0.15) is 41.5 Å². The van der Waals surface area contributed by atoms with Crippen molar-refractivity contribution in [1.29, 1.82) is 0 Å². The highest BCUT2D eigenvalue weighted by Gasteiger charge is 2.09. The highest BCUT2D eigenvalue weighted by Crippen LogP contribution is 2.08. The lowest BCUT2D eigenvalue weighted by Crippen LogP contribution is -2.25. The largest absolute Gasteiger partial charge is 0.352 e. The average molecular weight is 269 g/mol. The van der Waals surface area contributed by atoms with Crippen LogP contribution in [0.3, 0.4) is 0 Å². The molecule has 1 amide bonds. The Balaban J connectivity index is 2.41. The number of nitrogens with one attached hydrogen (secondary N) is 1. The lowest BCUT2D eigenvalue weighted by atomic mass is 10.1. The summed E-state index contributed by atoms with van der Waals surface area (Å²) in [5, 5.41) is 2.92. The normalized spacial score (nSPS) is 12.2. The van der Waals surface area contributed by atoms with Crippen LogP contribution < -0.4 is 5.32 Å². The Kier molecular flexibility index (Phi) is 6.13. The molecule has 4 heteroatoms. The second kappa shape index (κ2) is 7.37. The zero-order valence-corrected chi connectivity index (χ0v) is 12.0. The molecular formula is C14H21ClN2O. The van der Waals surface area contributed by atoms with Crippen LogP contribution in [0.2, 0.25) is 0 Å². The molecule has 3 nitrogen and oxygen atoms in total. The number of hydrogen-bond acceptors (Lipinski definition) is 2. The zero-order chi connectivity index (χ0) is 13.5. The predicted octanol–water partition coefficient (Wildman–Crippen LogP) is 3.08. The lowest BCUT2D eigenvalue weighted by Gasteiger charge is -2.09. The van der Waals surface area contributed by atoms with Crippen LogP contribution in [-0.2, 0) is 0 Å². The minimum atomic E-state index is -0.0430. The van der Waals surface area contributed by atoms with E-state index in [-0.39, 0.29) is 5.91 Å². The lowest BCUT2D eigenvalue weighted by molar-refractivity contribution is 0.0951. The molecule has 1 aromatic heterocycles. The molecule has 0 saturated carbocycles. The van der Waals surface area contributed by atoms with Crippen molar-refractivity contribution in [3.63, 3.8) is 0 Å². The van der Waals surface area contributed by atoms with E-state index in [2.05, 4.69) is 17.2 Å². The van der Waals surface area contributed by atoms with Crippen molar-refractivity contribution in [3.8, 4) is 0 Å². The third kappa shape index (κ3) is 4.65. The van der Waals surface area contributed by atoms with Crippen molar-refractivity contribution in [2.45, 2.75) is 33.6 Å². The molecule has 1 unspecified atom stereocenters. The number of hydrogen-bond donors (Lipinski definition) is 1. The first-order chi connectivity index (χ1) is 8.54. The standard InChI is InChI=1S/C14H21ClN2O/c1-10(9-15)5-4-8-16-14(18)13-7-6-11(2)17-12(13)3/h6-7,10H,4-5,8-9H2,1-3H3,(H,16,18). The minimum absolute atomic E-state index is 0.0430. The van der Waals surface area contributed by atoms with E-state index in [0.29, 0.717) is 23.9 Å². The van der Waals surface area contributed by atoms with Crippen LogP contribution in [0.15, 0.2) is 12.1 Å². The number of rotatable bonds is 6. The topological polar surface area (TPSA) is 42.0 Å². The summed E-state index contributed by atoms with van der Waals surface area (Å²) >= 11 is 5.73. The predicted molar refractivity (Wildman–Crippen MR) is 75.2 cm³/mol. The van der Waals surface area contributed by atoms with Crippen molar-refractivity contribution in [2.75, 3.05) is 12.4 Å². The maximum Gasteiger partial charge on any atom is 0.253 e. The quantitative estimate of drug-likeness (QED) is 0.636. The molecule has 0 saturated heterocycles. The van der Waals surface area contributed by atoms with E-state index in [1.165, 1.54) is 0 Å². The summed E-state index contributed by atoms with van der Waals surface area (Å²) in [7, 11) is 0. The number of carbonyl (C=O) groups is 1. The van der Waals surface area contributed by atoms with Gasteiger partial charge < -0.3 is 5.32 Å². The monoisotopic (exact) mass is 268 g/mol. The zero-order valence-electron chi connectivity index (χ0n) is 11.3. The average Bonchev–Trinajstić information content (AvgIpc) is 2.34. The summed E-state index contributed by atoms with van der Waals surface area (Å²) in [6.07, 6.45) is 1.99. The number of aromatic nitrogens is 1. The summed E-state index contributed by atoms with van der Waals surface area (Å²) in [5.41, 5.74) is 2.37. The Morgan fingerprint density at radius 1 is 1.44 bits per heavy atom. The van der Waals surface area contributed by atoms with Crippen LogP contribution in [0.25, 0.3) is 0 Å². The van der Waals surface area contributed by atoms with Gasteiger partial charge in [-0.3, -0.25) is 9.78 Å². The van der Waals surface area contributed by atoms with E-state index >= 15 is 0 Å². The molecule has 0 aliphatic heterocycles. The van der Waals surface area contributed by atoms with Gasteiger partial charge in [-0.05, 0) is 44.7 Å². The first kappa shape index (κ1) is 15.0. The van der Waals surface area contributed by atoms with Gasteiger partial charge in [0.05, 0.1) is 11.3 Å². The molecule has 100 valence electrons. The second-order valence-electron chi connectivity index (χ2n) is 4.74. The Morgan fingerprint density at radius 3 is 2.78 bits per heavy atom. The molecule has 0 fully saturated rings. The summed E-state index contributed by atoms with van der Waals surface area (Å²) in [4.78, 5) is 16.2. The van der Waals surface area contributed by atoms with Crippen LogP contribution in [0, 0.1) is 19.8 Å². The Labute approximate surface area is 114 Å². The molecule has 18 heavy (non-hydrogen) atoms. The number of amides is 1. The van der Waals surface area contributed by atoms with E-state index in [4.69, 9.17) is 11.6 Å². The van der Waals surface area contributed by atoms with Gasteiger partial charge in [-0.2, -0.15) is 0 Å². The molecule has 0 radical (unpaired) electrons.